The second-order valence-electron chi connectivity index (χ2n) is 6.02. The average Bonchev–Trinajstić information content (AvgIpc) is 3.14. The van der Waals surface area contributed by atoms with Crippen molar-refractivity contribution in [1.29, 1.82) is 0 Å². The van der Waals surface area contributed by atoms with E-state index in [1.54, 1.807) is 17.8 Å². The zero-order chi connectivity index (χ0) is 19.3. The molecule has 2 aromatic carbocycles. The number of para-hydroxylation sites is 2. The molecule has 140 valence electrons. The SMILES string of the molecule is O=[N+]([O-])c1ccc(-c2ccccc2)nc1NCCSc1nc2ccccc2[nH]1. The average molecular weight is 391 g/mol. The molecule has 0 aliphatic heterocycles. The topological polar surface area (TPSA) is 96.7 Å². The number of nitrogens with one attached hydrogen (secondary N) is 2. The minimum absolute atomic E-state index is 0.0339. The Kier molecular flexibility index (Phi) is 5.20. The van der Waals surface area contributed by atoms with Crippen molar-refractivity contribution in [3.8, 4) is 11.3 Å². The number of rotatable bonds is 7. The van der Waals surface area contributed by atoms with E-state index in [-0.39, 0.29) is 11.5 Å². The van der Waals surface area contributed by atoms with Crippen LogP contribution in [0.3, 0.4) is 0 Å². The van der Waals surface area contributed by atoms with Crippen molar-refractivity contribution in [2.45, 2.75) is 5.16 Å². The highest BCUT2D eigenvalue weighted by molar-refractivity contribution is 7.99. The Morgan fingerprint density at radius 1 is 1.00 bits per heavy atom. The third-order valence-electron chi connectivity index (χ3n) is 4.14. The van der Waals surface area contributed by atoms with E-state index in [9.17, 15) is 10.1 Å². The minimum Gasteiger partial charge on any atom is -0.363 e. The molecule has 0 aliphatic rings. The summed E-state index contributed by atoms with van der Waals surface area (Å²) in [6.45, 7) is 0.522. The number of nitrogens with zero attached hydrogens (tertiary/aromatic N) is 3. The summed E-state index contributed by atoms with van der Waals surface area (Å²) in [7, 11) is 0. The first-order valence-corrected chi connectivity index (χ1v) is 9.71. The number of fused-ring (bicyclic) bond motifs is 1. The lowest BCUT2D eigenvalue weighted by atomic mass is 10.1. The van der Waals surface area contributed by atoms with E-state index in [1.165, 1.54) is 6.07 Å². The van der Waals surface area contributed by atoms with Crippen LogP contribution in [0.4, 0.5) is 11.5 Å². The van der Waals surface area contributed by atoms with Gasteiger partial charge in [0.15, 0.2) is 5.16 Å². The number of imidazole rings is 1. The molecule has 0 unspecified atom stereocenters. The van der Waals surface area contributed by atoms with Crippen molar-refractivity contribution in [3.63, 3.8) is 0 Å². The van der Waals surface area contributed by atoms with Crippen molar-refractivity contribution in [2.75, 3.05) is 17.6 Å². The maximum Gasteiger partial charge on any atom is 0.311 e. The van der Waals surface area contributed by atoms with Crippen LogP contribution in [0.5, 0.6) is 0 Å². The molecule has 0 fully saturated rings. The van der Waals surface area contributed by atoms with Crippen LogP contribution in [-0.2, 0) is 0 Å². The first kappa shape index (κ1) is 18.0. The number of anilines is 1. The van der Waals surface area contributed by atoms with Gasteiger partial charge in [-0.2, -0.15) is 0 Å². The Balaban J connectivity index is 1.44. The summed E-state index contributed by atoms with van der Waals surface area (Å²) < 4.78 is 0. The van der Waals surface area contributed by atoms with Gasteiger partial charge in [0.1, 0.15) is 0 Å². The normalized spacial score (nSPS) is 10.9. The van der Waals surface area contributed by atoms with Crippen LogP contribution in [0, 0.1) is 10.1 Å². The van der Waals surface area contributed by atoms with E-state index < -0.39 is 4.92 Å². The Morgan fingerprint density at radius 2 is 1.79 bits per heavy atom. The Bertz CT molecular complexity index is 1080. The van der Waals surface area contributed by atoms with Crippen molar-refractivity contribution >= 4 is 34.3 Å². The molecule has 28 heavy (non-hydrogen) atoms. The summed E-state index contributed by atoms with van der Waals surface area (Å²) in [5.74, 6) is 0.963. The number of aromatic amines is 1. The fourth-order valence-corrected chi connectivity index (χ4v) is 3.56. The third kappa shape index (κ3) is 3.96. The summed E-state index contributed by atoms with van der Waals surface area (Å²) in [5, 5.41) is 15.2. The minimum atomic E-state index is -0.420. The van der Waals surface area contributed by atoms with Crippen LogP contribution in [-0.4, -0.2) is 32.2 Å². The van der Waals surface area contributed by atoms with Crippen LogP contribution < -0.4 is 5.32 Å². The Hall–Kier alpha value is -3.39. The van der Waals surface area contributed by atoms with Gasteiger partial charge in [-0.3, -0.25) is 10.1 Å². The van der Waals surface area contributed by atoms with E-state index in [0.717, 1.165) is 21.8 Å². The van der Waals surface area contributed by atoms with Gasteiger partial charge in [-0.05, 0) is 18.2 Å². The van der Waals surface area contributed by atoms with E-state index in [4.69, 9.17) is 0 Å². The number of hydrogen-bond donors (Lipinski definition) is 2. The van der Waals surface area contributed by atoms with Crippen molar-refractivity contribution in [1.82, 2.24) is 15.0 Å². The van der Waals surface area contributed by atoms with E-state index >= 15 is 0 Å². The van der Waals surface area contributed by atoms with Gasteiger partial charge in [0, 0.05) is 23.9 Å². The molecular formula is C20H17N5O2S. The van der Waals surface area contributed by atoms with Crippen molar-refractivity contribution in [2.24, 2.45) is 0 Å². The van der Waals surface area contributed by atoms with Gasteiger partial charge in [0.25, 0.3) is 0 Å². The third-order valence-corrected chi connectivity index (χ3v) is 5.02. The summed E-state index contributed by atoms with van der Waals surface area (Å²) in [6, 6.07) is 20.6. The summed E-state index contributed by atoms with van der Waals surface area (Å²) in [5.41, 5.74) is 3.49. The largest absolute Gasteiger partial charge is 0.363 e. The quantitative estimate of drug-likeness (QED) is 0.204. The highest BCUT2D eigenvalue weighted by Crippen LogP contribution is 2.27. The maximum atomic E-state index is 11.3. The lowest BCUT2D eigenvalue weighted by molar-refractivity contribution is -0.384. The van der Waals surface area contributed by atoms with Crippen LogP contribution in [0.15, 0.2) is 71.9 Å². The first-order chi connectivity index (χ1) is 13.7. The lowest BCUT2D eigenvalue weighted by Gasteiger charge is -2.08. The number of nitro groups is 1. The molecule has 2 N–H and O–H groups in total. The number of pyridine rings is 1. The molecule has 7 nitrogen and oxygen atoms in total. The smallest absolute Gasteiger partial charge is 0.311 e. The molecule has 2 aromatic heterocycles. The van der Waals surface area contributed by atoms with Crippen LogP contribution >= 0.6 is 11.8 Å². The molecule has 4 rings (SSSR count). The predicted octanol–water partition coefficient (Wildman–Crippen LogP) is 4.74. The molecule has 8 heteroatoms. The van der Waals surface area contributed by atoms with Crippen LogP contribution in [0.25, 0.3) is 22.3 Å². The molecule has 0 amide bonds. The molecule has 0 saturated carbocycles. The molecular weight excluding hydrogens is 374 g/mol. The van der Waals surface area contributed by atoms with E-state index in [2.05, 4.69) is 20.3 Å². The van der Waals surface area contributed by atoms with Crippen LogP contribution in [0.1, 0.15) is 0 Å². The van der Waals surface area contributed by atoms with Gasteiger partial charge in [0.2, 0.25) is 5.82 Å². The van der Waals surface area contributed by atoms with Crippen LogP contribution in [0.2, 0.25) is 0 Å². The molecule has 0 aliphatic carbocycles. The maximum absolute atomic E-state index is 11.3. The predicted molar refractivity (Wildman–Crippen MR) is 112 cm³/mol. The molecule has 0 bridgehead atoms. The van der Waals surface area contributed by atoms with Crippen molar-refractivity contribution < 1.29 is 4.92 Å². The summed E-state index contributed by atoms with van der Waals surface area (Å²) in [6.07, 6.45) is 0. The molecule has 0 spiro atoms. The van der Waals surface area contributed by atoms with Gasteiger partial charge in [-0.15, -0.1) is 0 Å². The van der Waals surface area contributed by atoms with Gasteiger partial charge >= 0.3 is 5.69 Å². The van der Waals surface area contributed by atoms with E-state index in [1.807, 2.05) is 54.6 Å². The molecule has 0 radical (unpaired) electrons. The standard InChI is InChI=1S/C20H17N5O2S/c26-25(27)18-11-10-15(14-6-2-1-3-7-14)22-19(18)21-12-13-28-20-23-16-8-4-5-9-17(16)24-20/h1-11H,12-13H2,(H,21,22)(H,23,24). The first-order valence-electron chi connectivity index (χ1n) is 8.73. The van der Waals surface area contributed by atoms with Gasteiger partial charge in [0.05, 0.1) is 21.7 Å². The number of thioether (sulfide) groups is 1. The number of hydrogen-bond acceptors (Lipinski definition) is 6. The van der Waals surface area contributed by atoms with Gasteiger partial charge < -0.3 is 10.3 Å². The molecule has 0 atom stereocenters. The molecule has 2 heterocycles. The zero-order valence-corrected chi connectivity index (χ0v) is 15.6. The van der Waals surface area contributed by atoms with Gasteiger partial charge in [-0.25, -0.2) is 9.97 Å². The monoisotopic (exact) mass is 391 g/mol. The number of benzene rings is 2. The fourth-order valence-electron chi connectivity index (χ4n) is 2.81. The summed E-state index contributed by atoms with van der Waals surface area (Å²) >= 11 is 1.55. The second-order valence-corrected chi connectivity index (χ2v) is 7.11. The summed E-state index contributed by atoms with van der Waals surface area (Å²) in [4.78, 5) is 23.1. The zero-order valence-electron chi connectivity index (χ0n) is 14.8. The molecule has 0 saturated heterocycles. The number of aromatic nitrogens is 3. The Morgan fingerprint density at radius 3 is 2.57 bits per heavy atom. The second kappa shape index (κ2) is 8.10. The fraction of sp³-hybridized carbons (Fsp3) is 0.100. The lowest BCUT2D eigenvalue weighted by Crippen LogP contribution is -2.08. The van der Waals surface area contributed by atoms with Gasteiger partial charge in [-0.1, -0.05) is 54.2 Å². The van der Waals surface area contributed by atoms with E-state index in [0.29, 0.717) is 18.0 Å². The van der Waals surface area contributed by atoms with Crippen molar-refractivity contribution in [3.05, 3.63) is 76.8 Å². The highest BCUT2D eigenvalue weighted by atomic mass is 32.2. The Labute approximate surface area is 165 Å². The number of H-pyrrole nitrogens is 1. The molecule has 4 aromatic rings. The highest BCUT2D eigenvalue weighted by Gasteiger charge is 2.16.